The Balaban J connectivity index is 1.26. The molecule has 0 amide bonds. The van der Waals surface area contributed by atoms with Crippen LogP contribution in [0.1, 0.15) is 60.1 Å². The van der Waals surface area contributed by atoms with E-state index < -0.39 is 20.3 Å². The number of imidazole rings is 1. The van der Waals surface area contributed by atoms with Crippen LogP contribution < -0.4 is 5.32 Å². The molecule has 3 aliphatic heterocycles. The monoisotopic (exact) mass is 597 g/mol. The third kappa shape index (κ3) is 6.49. The van der Waals surface area contributed by atoms with Gasteiger partial charge in [0.25, 0.3) is 0 Å². The van der Waals surface area contributed by atoms with E-state index in [4.69, 9.17) is 39.7 Å². The van der Waals surface area contributed by atoms with Gasteiger partial charge in [-0.15, -0.1) is 0 Å². The van der Waals surface area contributed by atoms with E-state index in [2.05, 4.69) is 54.1 Å². The van der Waals surface area contributed by atoms with Gasteiger partial charge >= 0.3 is 0 Å². The second kappa shape index (κ2) is 11.7. The number of nitrogens with zero attached hydrogens (tertiary/aromatic N) is 4. The minimum atomic E-state index is -1.76. The third-order valence-electron chi connectivity index (χ3n) is 8.34. The lowest BCUT2D eigenvalue weighted by Gasteiger charge is -2.36. The Labute approximate surface area is 242 Å². The van der Waals surface area contributed by atoms with Gasteiger partial charge < -0.3 is 33.4 Å². The van der Waals surface area contributed by atoms with Crippen molar-refractivity contribution in [3.05, 3.63) is 11.6 Å². The van der Waals surface area contributed by atoms with E-state index in [0.29, 0.717) is 50.0 Å². The smallest absolute Gasteiger partial charge is 0.226 e. The molecule has 40 heavy (non-hydrogen) atoms. The molecule has 0 saturated carbocycles. The number of ether oxygens (including phenoxy) is 5. The zero-order valence-electron chi connectivity index (χ0n) is 24.7. The summed E-state index contributed by atoms with van der Waals surface area (Å²) < 4.78 is 38.8. The highest BCUT2D eigenvalue weighted by Gasteiger charge is 2.56. The number of anilines is 1. The standard InChI is InChI=1S/C27H44ClN5O6Si/c1-26(2,3)40(6,7)36-12-8-11-35-15-18-20-21(39-27(4,5)38-20)24(37-18)33-16-29-19-22(31-25(28)32-23(19)33)30-17-9-13-34-14-10-17/h16-18,20-21,24H,8-15H2,1-7H3,(H,30,31,32)/t18-,20-,21-,24-/m1/s1. The van der Waals surface area contributed by atoms with E-state index in [1.54, 1.807) is 6.33 Å². The Hall–Kier alpha value is -1.38. The molecule has 1 N–H and O–H groups in total. The third-order valence-corrected chi connectivity index (χ3v) is 13.0. The van der Waals surface area contributed by atoms with Crippen LogP contribution in [0.25, 0.3) is 11.2 Å². The molecule has 224 valence electrons. The zero-order chi connectivity index (χ0) is 28.7. The van der Waals surface area contributed by atoms with Crippen LogP contribution in [-0.4, -0.2) is 91.0 Å². The molecule has 0 spiro atoms. The number of fused-ring (bicyclic) bond motifs is 2. The van der Waals surface area contributed by atoms with Crippen LogP contribution in [0, 0.1) is 0 Å². The first-order chi connectivity index (χ1) is 18.8. The van der Waals surface area contributed by atoms with E-state index in [1.165, 1.54) is 0 Å². The molecule has 3 saturated heterocycles. The topological polar surface area (TPSA) is 111 Å². The maximum absolute atomic E-state index is 6.49. The number of aromatic nitrogens is 4. The molecule has 5 rings (SSSR count). The summed E-state index contributed by atoms with van der Waals surface area (Å²) in [7, 11) is -1.76. The molecule has 3 aliphatic rings. The van der Waals surface area contributed by atoms with E-state index >= 15 is 0 Å². The average Bonchev–Trinajstić information content (AvgIpc) is 3.52. The molecule has 2 aromatic heterocycles. The van der Waals surface area contributed by atoms with Crippen molar-refractivity contribution in [3.8, 4) is 0 Å². The lowest BCUT2D eigenvalue weighted by atomic mass is 10.1. The van der Waals surface area contributed by atoms with Crippen LogP contribution in [0.15, 0.2) is 6.33 Å². The first kappa shape index (κ1) is 30.1. The Kier molecular flexibility index (Phi) is 8.81. The molecule has 0 aromatic carbocycles. The molecule has 2 aromatic rings. The summed E-state index contributed by atoms with van der Waals surface area (Å²) >= 11 is 6.37. The van der Waals surface area contributed by atoms with Crippen LogP contribution in [0.5, 0.6) is 0 Å². The van der Waals surface area contributed by atoms with Crippen molar-refractivity contribution < 1.29 is 28.1 Å². The van der Waals surface area contributed by atoms with Gasteiger partial charge in [0.15, 0.2) is 37.3 Å². The average molecular weight is 598 g/mol. The summed E-state index contributed by atoms with van der Waals surface area (Å²) in [5.74, 6) is -0.135. The summed E-state index contributed by atoms with van der Waals surface area (Å²) in [6.45, 7) is 18.2. The lowest BCUT2D eigenvalue weighted by molar-refractivity contribution is -0.201. The predicted octanol–water partition coefficient (Wildman–Crippen LogP) is 4.92. The molecule has 4 atom stereocenters. The zero-order valence-corrected chi connectivity index (χ0v) is 26.5. The van der Waals surface area contributed by atoms with Crippen LogP contribution in [-0.2, 0) is 28.1 Å². The largest absolute Gasteiger partial charge is 0.417 e. The normalized spacial score (nSPS) is 27.4. The molecule has 0 radical (unpaired) electrons. The number of hydrogen-bond donors (Lipinski definition) is 1. The van der Waals surface area contributed by atoms with Crippen LogP contribution in [0.3, 0.4) is 0 Å². The van der Waals surface area contributed by atoms with Crippen molar-refractivity contribution in [2.24, 2.45) is 0 Å². The molecule has 0 unspecified atom stereocenters. The second-order valence-corrected chi connectivity index (χ2v) is 18.0. The van der Waals surface area contributed by atoms with Crippen molar-refractivity contribution >= 4 is 36.9 Å². The van der Waals surface area contributed by atoms with Gasteiger partial charge in [0.2, 0.25) is 5.28 Å². The summed E-state index contributed by atoms with van der Waals surface area (Å²) in [6, 6.07) is 0.237. The minimum Gasteiger partial charge on any atom is -0.417 e. The van der Waals surface area contributed by atoms with Crippen LogP contribution in [0.4, 0.5) is 5.82 Å². The van der Waals surface area contributed by atoms with Crippen molar-refractivity contribution in [2.75, 3.05) is 38.4 Å². The van der Waals surface area contributed by atoms with E-state index in [0.717, 1.165) is 19.3 Å². The van der Waals surface area contributed by atoms with E-state index in [-0.39, 0.29) is 34.7 Å². The maximum Gasteiger partial charge on any atom is 0.226 e. The first-order valence-electron chi connectivity index (χ1n) is 14.3. The van der Waals surface area contributed by atoms with Gasteiger partial charge in [0.05, 0.1) is 12.9 Å². The summed E-state index contributed by atoms with van der Waals surface area (Å²) in [6.07, 6.45) is 2.85. The summed E-state index contributed by atoms with van der Waals surface area (Å²) in [5, 5.41) is 3.81. The van der Waals surface area contributed by atoms with Crippen molar-refractivity contribution in [2.45, 2.75) is 108 Å². The van der Waals surface area contributed by atoms with Gasteiger partial charge in [0, 0.05) is 32.5 Å². The number of hydrogen-bond acceptors (Lipinski definition) is 10. The Morgan fingerprint density at radius 2 is 1.85 bits per heavy atom. The fraction of sp³-hybridized carbons (Fsp3) is 0.815. The number of rotatable bonds is 10. The Morgan fingerprint density at radius 1 is 1.12 bits per heavy atom. The molecule has 11 nitrogen and oxygen atoms in total. The SMILES string of the molecule is CC1(C)O[C@@H]2[C@H](O1)[C@@H](COCCCO[Si](C)(C)C(C)(C)C)O[C@H]2n1cnc2c(NC3CCOCC3)nc(Cl)nc21. The molecule has 13 heteroatoms. The predicted molar refractivity (Wildman–Crippen MR) is 154 cm³/mol. The quantitative estimate of drug-likeness (QED) is 0.230. The van der Waals surface area contributed by atoms with Gasteiger partial charge in [-0.2, -0.15) is 9.97 Å². The molecule has 0 bridgehead atoms. The molecular formula is C27H44ClN5O6Si. The fourth-order valence-electron chi connectivity index (χ4n) is 5.13. The van der Waals surface area contributed by atoms with E-state index in [1.807, 2.05) is 18.4 Å². The second-order valence-electron chi connectivity index (χ2n) is 12.9. The van der Waals surface area contributed by atoms with Crippen LogP contribution >= 0.6 is 11.6 Å². The molecule has 0 aliphatic carbocycles. The molecule has 3 fully saturated rings. The number of nitrogens with one attached hydrogen (secondary N) is 1. The summed E-state index contributed by atoms with van der Waals surface area (Å²) in [4.78, 5) is 13.6. The molecular weight excluding hydrogens is 554 g/mol. The van der Waals surface area contributed by atoms with Crippen molar-refractivity contribution in [1.29, 1.82) is 0 Å². The van der Waals surface area contributed by atoms with Crippen molar-refractivity contribution in [1.82, 2.24) is 19.5 Å². The van der Waals surface area contributed by atoms with Crippen LogP contribution in [0.2, 0.25) is 23.4 Å². The van der Waals surface area contributed by atoms with Gasteiger partial charge in [-0.1, -0.05) is 20.8 Å². The van der Waals surface area contributed by atoms with Gasteiger partial charge in [-0.3, -0.25) is 4.57 Å². The Bertz CT molecular complexity index is 1170. The summed E-state index contributed by atoms with van der Waals surface area (Å²) in [5.41, 5.74) is 1.21. The fourth-order valence-corrected chi connectivity index (χ4v) is 6.39. The highest BCUT2D eigenvalue weighted by molar-refractivity contribution is 6.74. The highest BCUT2D eigenvalue weighted by atomic mass is 35.5. The number of halogens is 1. The van der Waals surface area contributed by atoms with Crippen molar-refractivity contribution in [3.63, 3.8) is 0 Å². The highest BCUT2D eigenvalue weighted by Crippen LogP contribution is 2.44. The van der Waals surface area contributed by atoms with E-state index in [9.17, 15) is 0 Å². The maximum atomic E-state index is 6.49. The van der Waals surface area contributed by atoms with Gasteiger partial charge in [-0.05, 0) is 62.8 Å². The Morgan fingerprint density at radius 3 is 2.58 bits per heavy atom. The van der Waals surface area contributed by atoms with Gasteiger partial charge in [0.1, 0.15) is 18.3 Å². The first-order valence-corrected chi connectivity index (χ1v) is 17.6. The molecule has 5 heterocycles. The minimum absolute atomic E-state index is 0.141. The lowest BCUT2D eigenvalue weighted by Crippen LogP contribution is -2.41. The van der Waals surface area contributed by atoms with Gasteiger partial charge in [-0.25, -0.2) is 4.98 Å².